The van der Waals surface area contributed by atoms with E-state index in [0.29, 0.717) is 19.6 Å². The summed E-state index contributed by atoms with van der Waals surface area (Å²) >= 11 is 0. The maximum atomic E-state index is 12.9. The Morgan fingerprint density at radius 1 is 0.479 bits per heavy atom. The van der Waals surface area contributed by atoms with Gasteiger partial charge in [-0.3, -0.25) is 14.4 Å². The van der Waals surface area contributed by atoms with Crippen molar-refractivity contribution in [1.29, 1.82) is 0 Å². The van der Waals surface area contributed by atoms with E-state index in [-0.39, 0.29) is 35.5 Å². The van der Waals surface area contributed by atoms with Crippen LogP contribution in [0.15, 0.2) is 0 Å². The largest absolute Gasteiger partial charge is 0.356 e. The molecule has 0 aromatic heterocycles. The minimum absolute atomic E-state index is 0.0798. The first-order chi connectivity index (χ1) is 22.6. The van der Waals surface area contributed by atoms with Crippen LogP contribution in [0.1, 0.15) is 92.7 Å². The minimum Gasteiger partial charge on any atom is -0.356 e. The van der Waals surface area contributed by atoms with E-state index in [1.165, 1.54) is 33.4 Å². The Morgan fingerprint density at radius 2 is 0.708 bits per heavy atom. The Morgan fingerprint density at radius 3 is 0.917 bits per heavy atom. The van der Waals surface area contributed by atoms with Gasteiger partial charge in [-0.05, 0) is 174 Å². The van der Waals surface area contributed by atoms with Crippen LogP contribution in [-0.2, 0) is 33.6 Å². The minimum atomic E-state index is -0.0798. The highest BCUT2D eigenvalue weighted by Gasteiger charge is 2.22. The molecule has 0 spiro atoms. The average molecular weight is 673 g/mol. The molecule has 1 aromatic rings. The summed E-state index contributed by atoms with van der Waals surface area (Å²) in [5.41, 5.74) is 7.83. The van der Waals surface area contributed by atoms with Crippen LogP contribution in [0.5, 0.6) is 0 Å². The summed E-state index contributed by atoms with van der Waals surface area (Å²) in [6.45, 7) is 17.7. The SMILES string of the molecule is Cc1c(CCC(C)C(=O)NCCCN(C)C)c(C)c(CCC(C)C(=O)NCCCN(C)C)c(C)c1CCC(C)C(=O)NCCCN(C)C. The molecule has 3 amide bonds. The number of amides is 3. The molecule has 48 heavy (non-hydrogen) atoms. The molecule has 0 radical (unpaired) electrons. The van der Waals surface area contributed by atoms with Gasteiger partial charge in [0.2, 0.25) is 17.7 Å². The fraction of sp³-hybridized carbons (Fsp3) is 0.769. The molecule has 0 fully saturated rings. The third-order valence-electron chi connectivity index (χ3n) is 9.78. The predicted molar refractivity (Wildman–Crippen MR) is 202 cm³/mol. The van der Waals surface area contributed by atoms with Crippen molar-refractivity contribution in [2.75, 3.05) is 81.6 Å². The summed E-state index contributed by atoms with van der Waals surface area (Å²) in [7, 11) is 12.3. The van der Waals surface area contributed by atoms with Crippen molar-refractivity contribution < 1.29 is 14.4 Å². The second-order valence-corrected chi connectivity index (χ2v) is 15.0. The van der Waals surface area contributed by atoms with Gasteiger partial charge in [0.25, 0.3) is 0 Å². The van der Waals surface area contributed by atoms with E-state index in [1.807, 2.05) is 63.1 Å². The van der Waals surface area contributed by atoms with Crippen molar-refractivity contribution in [1.82, 2.24) is 30.7 Å². The van der Waals surface area contributed by atoms with E-state index < -0.39 is 0 Å². The van der Waals surface area contributed by atoms with Gasteiger partial charge in [-0.2, -0.15) is 0 Å². The Labute approximate surface area is 294 Å². The van der Waals surface area contributed by atoms with E-state index in [4.69, 9.17) is 0 Å². The molecule has 9 nitrogen and oxygen atoms in total. The molecule has 1 rings (SSSR count). The number of nitrogens with zero attached hydrogens (tertiary/aromatic N) is 3. The lowest BCUT2D eigenvalue weighted by Crippen LogP contribution is -2.32. The maximum absolute atomic E-state index is 12.9. The highest BCUT2D eigenvalue weighted by atomic mass is 16.2. The zero-order chi connectivity index (χ0) is 36.4. The van der Waals surface area contributed by atoms with Crippen molar-refractivity contribution in [2.45, 2.75) is 99.3 Å². The number of carbonyl (C=O) groups excluding carboxylic acids is 3. The van der Waals surface area contributed by atoms with Gasteiger partial charge in [-0.15, -0.1) is 0 Å². The molecule has 0 saturated carbocycles. The predicted octanol–water partition coefficient (Wildman–Crippen LogP) is 4.52. The quantitative estimate of drug-likeness (QED) is 0.140. The summed E-state index contributed by atoms with van der Waals surface area (Å²) in [6, 6.07) is 0. The van der Waals surface area contributed by atoms with E-state index in [2.05, 4.69) is 51.4 Å². The third kappa shape index (κ3) is 16.3. The maximum Gasteiger partial charge on any atom is 0.222 e. The molecule has 3 unspecified atom stereocenters. The first kappa shape index (κ1) is 43.5. The summed E-state index contributed by atoms with van der Waals surface area (Å²) in [6.07, 6.45) is 7.63. The van der Waals surface area contributed by atoms with Crippen LogP contribution in [0.2, 0.25) is 0 Å². The fourth-order valence-electron chi connectivity index (χ4n) is 6.33. The molecular formula is C39H72N6O3. The Bertz CT molecular complexity index is 974. The lowest BCUT2D eigenvalue weighted by atomic mass is 9.81. The van der Waals surface area contributed by atoms with Gasteiger partial charge < -0.3 is 30.7 Å². The topological polar surface area (TPSA) is 97.0 Å². The van der Waals surface area contributed by atoms with Gasteiger partial charge in [0.1, 0.15) is 0 Å². The van der Waals surface area contributed by atoms with Crippen LogP contribution >= 0.6 is 0 Å². The first-order valence-electron chi connectivity index (χ1n) is 18.4. The van der Waals surface area contributed by atoms with Crippen molar-refractivity contribution in [3.05, 3.63) is 33.4 Å². The summed E-state index contributed by atoms with van der Waals surface area (Å²) in [4.78, 5) is 45.1. The van der Waals surface area contributed by atoms with Crippen LogP contribution in [0.3, 0.4) is 0 Å². The number of nitrogens with one attached hydrogen (secondary N) is 3. The zero-order valence-corrected chi connectivity index (χ0v) is 32.9. The van der Waals surface area contributed by atoms with Gasteiger partial charge in [0, 0.05) is 37.4 Å². The van der Waals surface area contributed by atoms with Gasteiger partial charge in [-0.25, -0.2) is 0 Å². The number of rotatable bonds is 24. The van der Waals surface area contributed by atoms with Crippen molar-refractivity contribution in [3.8, 4) is 0 Å². The first-order valence-corrected chi connectivity index (χ1v) is 18.4. The van der Waals surface area contributed by atoms with Crippen LogP contribution < -0.4 is 16.0 Å². The van der Waals surface area contributed by atoms with Gasteiger partial charge >= 0.3 is 0 Å². The molecule has 1 aromatic carbocycles. The number of benzene rings is 1. The van der Waals surface area contributed by atoms with Crippen molar-refractivity contribution in [3.63, 3.8) is 0 Å². The normalized spacial score (nSPS) is 13.6. The monoisotopic (exact) mass is 673 g/mol. The Hall–Kier alpha value is -2.49. The van der Waals surface area contributed by atoms with Crippen LogP contribution in [-0.4, -0.2) is 114 Å². The summed E-state index contributed by atoms with van der Waals surface area (Å²) < 4.78 is 0. The number of hydrogen-bond donors (Lipinski definition) is 3. The van der Waals surface area contributed by atoms with Gasteiger partial charge in [0.15, 0.2) is 0 Å². The highest BCUT2D eigenvalue weighted by Crippen LogP contribution is 2.32. The molecule has 3 N–H and O–H groups in total. The molecule has 9 heteroatoms. The van der Waals surface area contributed by atoms with Crippen LogP contribution in [0.4, 0.5) is 0 Å². The van der Waals surface area contributed by atoms with Gasteiger partial charge in [0.05, 0.1) is 0 Å². The number of carbonyl (C=O) groups is 3. The smallest absolute Gasteiger partial charge is 0.222 e. The molecule has 0 heterocycles. The molecule has 0 bridgehead atoms. The molecule has 0 aliphatic heterocycles. The van der Waals surface area contributed by atoms with Gasteiger partial charge in [-0.1, -0.05) is 20.8 Å². The summed E-state index contributed by atoms with van der Waals surface area (Å²) in [5.74, 6) is 0.115. The zero-order valence-electron chi connectivity index (χ0n) is 32.9. The second-order valence-electron chi connectivity index (χ2n) is 15.0. The second kappa shape index (κ2) is 23.0. The Kier molecular flexibility index (Phi) is 20.9. The van der Waals surface area contributed by atoms with Crippen molar-refractivity contribution >= 4 is 17.7 Å². The standard InChI is InChI=1S/C39H72N6O3/c1-28(37(46)40-22-13-25-43(7)8)16-19-34-31(4)35(20-17-29(2)38(47)41-23-14-26-44(9)10)33(6)36(32(34)5)21-18-30(3)39(48)42-24-15-27-45(11)12/h28-30H,13-27H2,1-12H3,(H,40,46)(H,41,47)(H,42,48). The summed E-state index contributed by atoms with van der Waals surface area (Å²) in [5, 5.41) is 9.37. The van der Waals surface area contributed by atoms with E-state index in [0.717, 1.165) is 77.4 Å². The molecular weight excluding hydrogens is 600 g/mol. The van der Waals surface area contributed by atoms with Crippen LogP contribution in [0, 0.1) is 38.5 Å². The lowest BCUT2D eigenvalue weighted by molar-refractivity contribution is -0.125. The van der Waals surface area contributed by atoms with E-state index in [9.17, 15) is 14.4 Å². The molecule has 0 aliphatic rings. The molecule has 3 atom stereocenters. The molecule has 0 aliphatic carbocycles. The molecule has 276 valence electrons. The van der Waals surface area contributed by atoms with E-state index in [1.54, 1.807) is 0 Å². The highest BCUT2D eigenvalue weighted by molar-refractivity contribution is 5.79. The van der Waals surface area contributed by atoms with Crippen molar-refractivity contribution in [2.24, 2.45) is 17.8 Å². The lowest BCUT2D eigenvalue weighted by Gasteiger charge is -2.25. The van der Waals surface area contributed by atoms with Crippen LogP contribution in [0.25, 0.3) is 0 Å². The third-order valence-corrected chi connectivity index (χ3v) is 9.78. The number of hydrogen-bond acceptors (Lipinski definition) is 6. The fourth-order valence-corrected chi connectivity index (χ4v) is 6.33. The Balaban J connectivity index is 3.12. The average Bonchev–Trinajstić information content (AvgIpc) is 3.02. The molecule has 0 saturated heterocycles. The van der Waals surface area contributed by atoms with E-state index >= 15 is 0 Å².